The SMILES string of the molecule is CCCN(CC1CCCCC1)C(=O)NCCCn1nc2n(c1=O)CCCC2. The smallest absolute Gasteiger partial charge is 0.338 e. The van der Waals surface area contributed by atoms with Crippen LogP contribution < -0.4 is 11.0 Å². The van der Waals surface area contributed by atoms with Gasteiger partial charge in [0.15, 0.2) is 0 Å². The Morgan fingerprint density at radius 1 is 1.22 bits per heavy atom. The van der Waals surface area contributed by atoms with Gasteiger partial charge in [0.05, 0.1) is 0 Å². The molecule has 0 unspecified atom stereocenters. The topological polar surface area (TPSA) is 72.2 Å². The minimum absolute atomic E-state index is 0.000865. The van der Waals surface area contributed by atoms with Crippen molar-refractivity contribution in [3.8, 4) is 0 Å². The third kappa shape index (κ3) is 5.36. The molecule has 7 heteroatoms. The molecular weight excluding hydrogens is 342 g/mol. The quantitative estimate of drug-likeness (QED) is 0.708. The lowest BCUT2D eigenvalue weighted by molar-refractivity contribution is 0.178. The van der Waals surface area contributed by atoms with Crippen LogP contribution in [0.15, 0.2) is 4.79 Å². The van der Waals surface area contributed by atoms with E-state index in [9.17, 15) is 9.59 Å². The van der Waals surface area contributed by atoms with Crippen LogP contribution in [0.2, 0.25) is 0 Å². The first-order valence-electron chi connectivity index (χ1n) is 10.9. The monoisotopic (exact) mass is 377 g/mol. The molecule has 1 saturated carbocycles. The minimum atomic E-state index is 0.000865. The molecule has 3 rings (SSSR count). The first-order valence-corrected chi connectivity index (χ1v) is 10.9. The molecule has 0 aromatic carbocycles. The first kappa shape index (κ1) is 20.0. The van der Waals surface area contributed by atoms with E-state index in [2.05, 4.69) is 17.3 Å². The van der Waals surface area contributed by atoms with E-state index in [0.29, 0.717) is 19.0 Å². The summed E-state index contributed by atoms with van der Waals surface area (Å²) in [6.07, 6.45) is 11.2. The minimum Gasteiger partial charge on any atom is -0.338 e. The van der Waals surface area contributed by atoms with Crippen molar-refractivity contribution in [2.45, 2.75) is 84.2 Å². The molecule has 0 spiro atoms. The van der Waals surface area contributed by atoms with Gasteiger partial charge in [-0.15, -0.1) is 0 Å². The maximum absolute atomic E-state index is 12.6. The van der Waals surface area contributed by atoms with Crippen LogP contribution in [-0.4, -0.2) is 44.9 Å². The van der Waals surface area contributed by atoms with Crippen LogP contribution >= 0.6 is 0 Å². The molecule has 0 saturated heterocycles. The van der Waals surface area contributed by atoms with E-state index in [1.807, 2.05) is 4.90 Å². The molecular formula is C20H35N5O2. The molecule has 1 N–H and O–H groups in total. The molecule has 0 bridgehead atoms. The lowest BCUT2D eigenvalue weighted by Crippen LogP contribution is -2.43. The molecule has 1 aromatic rings. The fourth-order valence-electron chi connectivity index (χ4n) is 4.36. The molecule has 1 aliphatic heterocycles. The number of aryl methyl sites for hydroxylation is 2. The van der Waals surface area contributed by atoms with Crippen molar-refractivity contribution < 1.29 is 4.79 Å². The van der Waals surface area contributed by atoms with Gasteiger partial charge in [0.25, 0.3) is 0 Å². The second-order valence-corrected chi connectivity index (χ2v) is 8.07. The van der Waals surface area contributed by atoms with Gasteiger partial charge in [-0.05, 0) is 44.4 Å². The Labute approximate surface area is 162 Å². The summed E-state index contributed by atoms with van der Waals surface area (Å²) in [5, 5.41) is 7.50. The van der Waals surface area contributed by atoms with Gasteiger partial charge in [-0.3, -0.25) is 4.57 Å². The Kier molecular flexibility index (Phi) is 7.35. The summed E-state index contributed by atoms with van der Waals surface area (Å²) in [4.78, 5) is 26.9. The summed E-state index contributed by atoms with van der Waals surface area (Å²) >= 11 is 0. The average molecular weight is 378 g/mol. The number of hydrogen-bond acceptors (Lipinski definition) is 3. The van der Waals surface area contributed by atoms with Crippen molar-refractivity contribution in [3.05, 3.63) is 16.3 Å². The van der Waals surface area contributed by atoms with Crippen LogP contribution in [0, 0.1) is 5.92 Å². The van der Waals surface area contributed by atoms with Crippen LogP contribution in [0.4, 0.5) is 4.79 Å². The molecule has 2 amide bonds. The van der Waals surface area contributed by atoms with Gasteiger partial charge in [-0.25, -0.2) is 14.3 Å². The van der Waals surface area contributed by atoms with E-state index in [0.717, 1.165) is 57.6 Å². The van der Waals surface area contributed by atoms with E-state index in [1.54, 1.807) is 9.25 Å². The highest BCUT2D eigenvalue weighted by Gasteiger charge is 2.20. The molecule has 0 atom stereocenters. The largest absolute Gasteiger partial charge is 0.345 e. The normalized spacial score (nSPS) is 17.5. The Hall–Kier alpha value is -1.79. The summed E-state index contributed by atoms with van der Waals surface area (Å²) in [7, 11) is 0. The van der Waals surface area contributed by atoms with E-state index in [-0.39, 0.29) is 11.7 Å². The average Bonchev–Trinajstić information content (AvgIpc) is 3.01. The zero-order valence-electron chi connectivity index (χ0n) is 16.8. The number of nitrogens with zero attached hydrogens (tertiary/aromatic N) is 4. The second kappa shape index (κ2) is 9.95. The number of amides is 2. The Morgan fingerprint density at radius 2 is 2.04 bits per heavy atom. The van der Waals surface area contributed by atoms with Crippen molar-refractivity contribution in [1.82, 2.24) is 24.6 Å². The van der Waals surface area contributed by atoms with Crippen LogP contribution in [0.5, 0.6) is 0 Å². The molecule has 152 valence electrons. The first-order chi connectivity index (χ1) is 13.2. The highest BCUT2D eigenvalue weighted by atomic mass is 16.2. The van der Waals surface area contributed by atoms with Gasteiger partial charge in [-0.1, -0.05) is 26.2 Å². The Morgan fingerprint density at radius 3 is 2.78 bits per heavy atom. The molecule has 7 nitrogen and oxygen atoms in total. The zero-order valence-corrected chi connectivity index (χ0v) is 16.8. The summed E-state index contributed by atoms with van der Waals surface area (Å²) in [6.45, 7) is 5.75. The van der Waals surface area contributed by atoms with Crippen LogP contribution in [0.1, 0.15) is 70.5 Å². The van der Waals surface area contributed by atoms with E-state index < -0.39 is 0 Å². The molecule has 1 aliphatic carbocycles. The van der Waals surface area contributed by atoms with Crippen molar-refractivity contribution in [3.63, 3.8) is 0 Å². The highest BCUT2D eigenvalue weighted by molar-refractivity contribution is 5.74. The van der Waals surface area contributed by atoms with Crippen molar-refractivity contribution in [1.29, 1.82) is 0 Å². The Bertz CT molecular complexity index is 660. The molecule has 0 radical (unpaired) electrons. The maximum Gasteiger partial charge on any atom is 0.345 e. The molecule has 2 heterocycles. The van der Waals surface area contributed by atoms with E-state index >= 15 is 0 Å². The molecule has 27 heavy (non-hydrogen) atoms. The number of fused-ring (bicyclic) bond motifs is 1. The zero-order chi connectivity index (χ0) is 19.1. The fourth-order valence-corrected chi connectivity index (χ4v) is 4.36. The number of urea groups is 1. The van der Waals surface area contributed by atoms with Crippen LogP contribution in [0.25, 0.3) is 0 Å². The number of hydrogen-bond donors (Lipinski definition) is 1. The second-order valence-electron chi connectivity index (χ2n) is 8.07. The third-order valence-corrected chi connectivity index (χ3v) is 5.84. The van der Waals surface area contributed by atoms with Crippen molar-refractivity contribution >= 4 is 6.03 Å². The summed E-state index contributed by atoms with van der Waals surface area (Å²) < 4.78 is 3.37. The number of rotatable bonds is 8. The highest BCUT2D eigenvalue weighted by Crippen LogP contribution is 2.24. The number of carbonyl (C=O) groups excluding carboxylic acids is 1. The van der Waals surface area contributed by atoms with Crippen LogP contribution in [0.3, 0.4) is 0 Å². The number of carbonyl (C=O) groups is 1. The summed E-state index contributed by atoms with van der Waals surface area (Å²) in [5.74, 6) is 1.57. The van der Waals surface area contributed by atoms with Crippen molar-refractivity contribution in [2.24, 2.45) is 5.92 Å². The van der Waals surface area contributed by atoms with Crippen molar-refractivity contribution in [2.75, 3.05) is 19.6 Å². The predicted octanol–water partition coefficient (Wildman–Crippen LogP) is 2.77. The lowest BCUT2D eigenvalue weighted by Gasteiger charge is -2.29. The Balaban J connectivity index is 1.43. The molecule has 1 fully saturated rings. The van der Waals surface area contributed by atoms with Gasteiger partial charge in [-0.2, -0.15) is 5.10 Å². The van der Waals surface area contributed by atoms with Gasteiger partial charge in [0, 0.05) is 39.1 Å². The standard InChI is InChI=1S/C20H35N5O2/c1-2-13-23(16-17-9-4-3-5-10-17)19(26)21-12-8-15-25-20(27)24-14-7-6-11-18(24)22-25/h17H,2-16H2,1H3,(H,21,26). The summed E-state index contributed by atoms with van der Waals surface area (Å²) in [5.41, 5.74) is 0.000865. The van der Waals surface area contributed by atoms with E-state index in [1.165, 1.54) is 32.1 Å². The predicted molar refractivity (Wildman–Crippen MR) is 106 cm³/mol. The third-order valence-electron chi connectivity index (χ3n) is 5.84. The molecule has 1 aromatic heterocycles. The van der Waals surface area contributed by atoms with Gasteiger partial charge in [0.2, 0.25) is 0 Å². The summed E-state index contributed by atoms with van der Waals surface area (Å²) in [6, 6.07) is 0.0407. The lowest BCUT2D eigenvalue weighted by atomic mass is 9.89. The number of nitrogens with one attached hydrogen (secondary N) is 1. The van der Waals surface area contributed by atoms with Gasteiger partial charge in [0.1, 0.15) is 5.82 Å². The van der Waals surface area contributed by atoms with Gasteiger partial charge >= 0.3 is 11.7 Å². The fraction of sp³-hybridized carbons (Fsp3) is 0.850. The number of aromatic nitrogens is 3. The van der Waals surface area contributed by atoms with Crippen LogP contribution in [-0.2, 0) is 19.5 Å². The van der Waals surface area contributed by atoms with E-state index in [4.69, 9.17) is 0 Å². The molecule has 2 aliphatic rings. The maximum atomic E-state index is 12.6. The van der Waals surface area contributed by atoms with Gasteiger partial charge < -0.3 is 10.2 Å².